The molecule has 2 heterocycles. The molecule has 4 rings (SSSR count). The highest BCUT2D eigenvalue weighted by Crippen LogP contribution is 2.37. The summed E-state index contributed by atoms with van der Waals surface area (Å²) in [5, 5.41) is 0. The number of nitrogens with zero attached hydrogens (tertiary/aromatic N) is 4. The molecule has 0 spiro atoms. The van der Waals surface area contributed by atoms with Gasteiger partial charge in [0.2, 0.25) is 5.95 Å². The molecule has 6 heteroatoms. The van der Waals surface area contributed by atoms with Crippen LogP contribution in [0.15, 0.2) is 30.6 Å². The Hall–Kier alpha value is -2.08. The molecule has 2 fully saturated rings. The van der Waals surface area contributed by atoms with Gasteiger partial charge in [0, 0.05) is 12.1 Å². The third-order valence-corrected chi connectivity index (χ3v) is 4.23. The van der Waals surface area contributed by atoms with Crippen LogP contribution in [-0.4, -0.2) is 40.8 Å². The molecule has 0 radical (unpaired) electrons. The number of anilines is 1. The van der Waals surface area contributed by atoms with Crippen LogP contribution < -0.4 is 4.90 Å². The smallest absolute Gasteiger partial charge is 0.229 e. The van der Waals surface area contributed by atoms with E-state index >= 15 is 0 Å². The molecule has 1 atom stereocenters. The first-order chi connectivity index (χ1) is 10.8. The number of hydrogen-bond acceptors (Lipinski definition) is 5. The van der Waals surface area contributed by atoms with E-state index in [4.69, 9.17) is 4.74 Å². The highest BCUT2D eigenvalue weighted by atomic mass is 19.1. The van der Waals surface area contributed by atoms with Crippen molar-refractivity contribution < 1.29 is 9.13 Å². The summed E-state index contributed by atoms with van der Waals surface area (Å²) in [4.78, 5) is 15.3. The van der Waals surface area contributed by atoms with Crippen LogP contribution in [0.4, 0.5) is 10.3 Å². The molecule has 1 aromatic heterocycles. The average molecular weight is 300 g/mol. The number of ether oxygens (including phenoxy) is 1. The van der Waals surface area contributed by atoms with E-state index in [9.17, 15) is 4.39 Å². The minimum Gasteiger partial charge on any atom is -0.377 e. The molecule has 1 aliphatic carbocycles. The summed E-state index contributed by atoms with van der Waals surface area (Å²) >= 11 is 0. The lowest BCUT2D eigenvalue weighted by Crippen LogP contribution is -2.47. The Morgan fingerprint density at radius 1 is 1.23 bits per heavy atom. The van der Waals surface area contributed by atoms with Crippen LogP contribution in [0.5, 0.6) is 0 Å². The summed E-state index contributed by atoms with van der Waals surface area (Å²) in [6.45, 7) is 2.20. The molecule has 0 amide bonds. The number of morpholine rings is 1. The summed E-state index contributed by atoms with van der Waals surface area (Å²) in [5.74, 6) is 1.55. The first-order valence-electron chi connectivity index (χ1n) is 7.60. The molecule has 1 saturated carbocycles. The van der Waals surface area contributed by atoms with E-state index in [0.717, 1.165) is 13.2 Å². The number of benzene rings is 1. The molecule has 1 aromatic carbocycles. The Bertz CT molecular complexity index is 677. The van der Waals surface area contributed by atoms with Crippen molar-refractivity contribution in [3.63, 3.8) is 0 Å². The van der Waals surface area contributed by atoms with Gasteiger partial charge < -0.3 is 9.64 Å². The quantitative estimate of drug-likeness (QED) is 0.870. The maximum atomic E-state index is 13.4. The van der Waals surface area contributed by atoms with Gasteiger partial charge in [0.1, 0.15) is 12.1 Å². The Morgan fingerprint density at radius 2 is 2.14 bits per heavy atom. The van der Waals surface area contributed by atoms with Crippen molar-refractivity contribution in [3.05, 3.63) is 36.4 Å². The molecular formula is C16H17FN4O. The predicted molar refractivity (Wildman–Crippen MR) is 79.9 cm³/mol. The summed E-state index contributed by atoms with van der Waals surface area (Å²) < 4.78 is 19.0. The number of aromatic nitrogens is 3. The van der Waals surface area contributed by atoms with E-state index < -0.39 is 0 Å². The molecule has 0 bridgehead atoms. The second kappa shape index (κ2) is 5.61. The predicted octanol–water partition coefficient (Wildman–Crippen LogP) is 2.29. The van der Waals surface area contributed by atoms with Crippen molar-refractivity contribution >= 4 is 5.95 Å². The van der Waals surface area contributed by atoms with Crippen LogP contribution in [-0.2, 0) is 4.74 Å². The molecule has 22 heavy (non-hydrogen) atoms. The van der Waals surface area contributed by atoms with Crippen LogP contribution in [0.2, 0.25) is 0 Å². The Kier molecular flexibility index (Phi) is 3.46. The second-order valence-electron chi connectivity index (χ2n) is 5.79. The van der Waals surface area contributed by atoms with E-state index in [1.165, 1.54) is 31.3 Å². The normalized spacial score (nSPS) is 21.9. The molecule has 0 N–H and O–H groups in total. The third-order valence-electron chi connectivity index (χ3n) is 4.23. The van der Waals surface area contributed by atoms with Crippen LogP contribution >= 0.6 is 0 Å². The Balaban J connectivity index is 1.66. The van der Waals surface area contributed by atoms with Gasteiger partial charge in [-0.2, -0.15) is 4.98 Å². The summed E-state index contributed by atoms with van der Waals surface area (Å²) in [6.07, 6.45) is 3.99. The van der Waals surface area contributed by atoms with E-state index in [0.29, 0.717) is 35.9 Å². The maximum Gasteiger partial charge on any atom is 0.229 e. The fourth-order valence-corrected chi connectivity index (χ4v) is 2.94. The Morgan fingerprint density at radius 3 is 2.95 bits per heavy atom. The van der Waals surface area contributed by atoms with E-state index in [2.05, 4.69) is 19.9 Å². The monoisotopic (exact) mass is 300 g/mol. The summed E-state index contributed by atoms with van der Waals surface area (Å²) in [6, 6.07) is 6.67. The fraction of sp³-hybridized carbons (Fsp3) is 0.438. The van der Waals surface area contributed by atoms with Crippen molar-refractivity contribution in [1.29, 1.82) is 0 Å². The average Bonchev–Trinajstić information content (AvgIpc) is 3.40. The van der Waals surface area contributed by atoms with Gasteiger partial charge in [0.05, 0.1) is 19.3 Å². The van der Waals surface area contributed by atoms with Crippen molar-refractivity contribution in [1.82, 2.24) is 15.0 Å². The molecule has 1 saturated heterocycles. The lowest BCUT2D eigenvalue weighted by Gasteiger charge is -2.35. The minimum absolute atomic E-state index is 0.290. The van der Waals surface area contributed by atoms with Crippen molar-refractivity contribution in [2.24, 2.45) is 5.92 Å². The first-order valence-corrected chi connectivity index (χ1v) is 7.60. The molecule has 2 aliphatic rings. The zero-order chi connectivity index (χ0) is 14.9. The van der Waals surface area contributed by atoms with Gasteiger partial charge in [-0.3, -0.25) is 0 Å². The third kappa shape index (κ3) is 2.66. The fourth-order valence-electron chi connectivity index (χ4n) is 2.94. The maximum absolute atomic E-state index is 13.4. The van der Waals surface area contributed by atoms with E-state index in [1.807, 2.05) is 0 Å². The number of rotatable bonds is 3. The van der Waals surface area contributed by atoms with Gasteiger partial charge in [0.25, 0.3) is 0 Å². The van der Waals surface area contributed by atoms with Crippen molar-refractivity contribution in [2.75, 3.05) is 24.7 Å². The summed E-state index contributed by atoms with van der Waals surface area (Å²) in [5.41, 5.74) is 0.667. The second-order valence-corrected chi connectivity index (χ2v) is 5.79. The lowest BCUT2D eigenvalue weighted by atomic mass is 10.1. The van der Waals surface area contributed by atoms with Gasteiger partial charge in [-0.25, -0.2) is 14.4 Å². The van der Waals surface area contributed by atoms with Gasteiger partial charge in [-0.15, -0.1) is 0 Å². The van der Waals surface area contributed by atoms with E-state index in [-0.39, 0.29) is 5.82 Å². The van der Waals surface area contributed by atoms with Crippen LogP contribution in [0.25, 0.3) is 11.4 Å². The molecule has 2 aromatic rings. The molecule has 114 valence electrons. The number of halogens is 1. The lowest BCUT2D eigenvalue weighted by molar-refractivity contribution is 0.0869. The van der Waals surface area contributed by atoms with Crippen LogP contribution in [0.3, 0.4) is 0 Å². The van der Waals surface area contributed by atoms with Crippen molar-refractivity contribution in [3.8, 4) is 11.4 Å². The van der Waals surface area contributed by atoms with Gasteiger partial charge in [-0.05, 0) is 30.9 Å². The van der Waals surface area contributed by atoms with Crippen LogP contribution in [0, 0.1) is 11.7 Å². The topological polar surface area (TPSA) is 51.1 Å². The van der Waals surface area contributed by atoms with Gasteiger partial charge >= 0.3 is 0 Å². The van der Waals surface area contributed by atoms with Crippen molar-refractivity contribution in [2.45, 2.75) is 18.9 Å². The van der Waals surface area contributed by atoms with Gasteiger partial charge in [0.15, 0.2) is 5.82 Å². The Labute approximate surface area is 128 Å². The molecule has 5 nitrogen and oxygen atoms in total. The van der Waals surface area contributed by atoms with Crippen LogP contribution in [0.1, 0.15) is 12.8 Å². The molecular weight excluding hydrogens is 283 g/mol. The van der Waals surface area contributed by atoms with E-state index in [1.54, 1.807) is 12.1 Å². The number of hydrogen-bond donors (Lipinski definition) is 0. The zero-order valence-corrected chi connectivity index (χ0v) is 12.2. The highest BCUT2D eigenvalue weighted by molar-refractivity contribution is 5.56. The molecule has 1 unspecified atom stereocenters. The summed E-state index contributed by atoms with van der Waals surface area (Å²) in [7, 11) is 0. The molecule has 1 aliphatic heterocycles. The zero-order valence-electron chi connectivity index (χ0n) is 12.2. The van der Waals surface area contributed by atoms with Gasteiger partial charge in [-0.1, -0.05) is 12.1 Å². The first kappa shape index (κ1) is 13.6. The SMILES string of the molecule is Fc1cccc(-c2ncnc(N3CCOCC3C3CC3)n2)c1. The highest BCUT2D eigenvalue weighted by Gasteiger charge is 2.38. The minimum atomic E-state index is -0.290. The standard InChI is InChI=1S/C16H17FN4O/c17-13-3-1-2-12(8-13)15-18-10-19-16(20-15)21-6-7-22-9-14(21)11-4-5-11/h1-3,8,10-11,14H,4-7,9H2. The largest absolute Gasteiger partial charge is 0.377 e.